The number of fused-ring (bicyclic) bond motifs is 1. The molecule has 1 aromatic rings. The Kier molecular flexibility index (Phi) is 3.96. The predicted molar refractivity (Wildman–Crippen MR) is 75.9 cm³/mol. The van der Waals surface area contributed by atoms with E-state index < -0.39 is 0 Å². The van der Waals surface area contributed by atoms with E-state index in [1.165, 1.54) is 17.5 Å². The van der Waals surface area contributed by atoms with Crippen molar-refractivity contribution in [3.8, 4) is 5.75 Å². The van der Waals surface area contributed by atoms with Gasteiger partial charge in [0, 0.05) is 6.04 Å². The van der Waals surface area contributed by atoms with E-state index in [4.69, 9.17) is 10.5 Å². The molecule has 0 fully saturated rings. The number of hydrogen-bond donors (Lipinski definition) is 1. The van der Waals surface area contributed by atoms with Crippen molar-refractivity contribution in [1.82, 2.24) is 0 Å². The molecule has 1 unspecified atom stereocenters. The van der Waals surface area contributed by atoms with Crippen molar-refractivity contribution in [2.45, 2.75) is 52.5 Å². The van der Waals surface area contributed by atoms with E-state index in [1.54, 1.807) is 0 Å². The second-order valence-electron chi connectivity index (χ2n) is 6.52. The van der Waals surface area contributed by atoms with Crippen LogP contribution in [0.4, 0.5) is 0 Å². The molecule has 100 valence electrons. The Bertz CT molecular complexity index is 406. The van der Waals surface area contributed by atoms with E-state index >= 15 is 0 Å². The van der Waals surface area contributed by atoms with Crippen LogP contribution in [0.25, 0.3) is 0 Å². The van der Waals surface area contributed by atoms with Crippen molar-refractivity contribution in [3.63, 3.8) is 0 Å². The van der Waals surface area contributed by atoms with Gasteiger partial charge in [-0.1, -0.05) is 26.8 Å². The minimum atomic E-state index is 0.220. The summed E-state index contributed by atoms with van der Waals surface area (Å²) in [5, 5.41) is 0. The summed E-state index contributed by atoms with van der Waals surface area (Å²) in [6, 6.07) is 6.60. The summed E-state index contributed by atoms with van der Waals surface area (Å²) in [5.74, 6) is 0.993. The molecule has 1 aliphatic rings. The number of benzene rings is 1. The number of aryl methyl sites for hydroxylation is 1. The van der Waals surface area contributed by atoms with E-state index in [2.05, 4.69) is 39.0 Å². The minimum Gasteiger partial charge on any atom is -0.494 e. The molecule has 0 heterocycles. The van der Waals surface area contributed by atoms with Gasteiger partial charge in [0.1, 0.15) is 5.75 Å². The van der Waals surface area contributed by atoms with Gasteiger partial charge in [-0.05, 0) is 54.4 Å². The van der Waals surface area contributed by atoms with Crippen LogP contribution in [0.1, 0.15) is 57.2 Å². The lowest BCUT2D eigenvalue weighted by Crippen LogP contribution is -2.17. The zero-order valence-corrected chi connectivity index (χ0v) is 11.8. The van der Waals surface area contributed by atoms with Crippen LogP contribution >= 0.6 is 0 Å². The summed E-state index contributed by atoms with van der Waals surface area (Å²) in [6.45, 7) is 7.50. The molecule has 0 saturated carbocycles. The fraction of sp³-hybridized carbons (Fsp3) is 0.625. The molecular formula is C16H25NO. The quantitative estimate of drug-likeness (QED) is 0.880. The average molecular weight is 247 g/mol. The Hall–Kier alpha value is -1.02. The van der Waals surface area contributed by atoms with E-state index in [-0.39, 0.29) is 6.04 Å². The third-order valence-corrected chi connectivity index (χ3v) is 3.60. The molecule has 2 N–H and O–H groups in total. The molecule has 0 radical (unpaired) electrons. The monoisotopic (exact) mass is 247 g/mol. The number of nitrogens with two attached hydrogens (primary N) is 1. The van der Waals surface area contributed by atoms with Gasteiger partial charge >= 0.3 is 0 Å². The Morgan fingerprint density at radius 2 is 2.11 bits per heavy atom. The highest BCUT2D eigenvalue weighted by Gasteiger charge is 2.17. The fourth-order valence-corrected chi connectivity index (χ4v) is 2.39. The molecule has 0 saturated heterocycles. The number of hydrogen-bond acceptors (Lipinski definition) is 2. The zero-order valence-electron chi connectivity index (χ0n) is 11.8. The summed E-state index contributed by atoms with van der Waals surface area (Å²) in [7, 11) is 0. The molecule has 1 aromatic carbocycles. The molecule has 0 bridgehead atoms. The largest absolute Gasteiger partial charge is 0.494 e. The van der Waals surface area contributed by atoms with Crippen LogP contribution < -0.4 is 10.5 Å². The standard InChI is InChI=1S/C16H25NO/c1-16(2,3)9-10-18-13-7-8-14-12(11-13)5-4-6-15(14)17/h7-8,11,15H,4-6,9-10,17H2,1-3H3. The number of rotatable bonds is 3. The molecule has 0 aromatic heterocycles. The van der Waals surface area contributed by atoms with Gasteiger partial charge < -0.3 is 10.5 Å². The summed E-state index contributed by atoms with van der Waals surface area (Å²) >= 11 is 0. The summed E-state index contributed by atoms with van der Waals surface area (Å²) in [5.41, 5.74) is 9.13. The first-order valence-corrected chi connectivity index (χ1v) is 6.97. The molecule has 2 nitrogen and oxygen atoms in total. The highest BCUT2D eigenvalue weighted by Crippen LogP contribution is 2.30. The molecule has 18 heavy (non-hydrogen) atoms. The average Bonchev–Trinajstić information content (AvgIpc) is 2.27. The molecule has 2 rings (SSSR count). The predicted octanol–water partition coefficient (Wildman–Crippen LogP) is 3.84. The van der Waals surface area contributed by atoms with Crippen LogP contribution in [0.3, 0.4) is 0 Å². The van der Waals surface area contributed by atoms with Crippen molar-refractivity contribution in [3.05, 3.63) is 29.3 Å². The maximum Gasteiger partial charge on any atom is 0.119 e. The maximum atomic E-state index is 6.11. The van der Waals surface area contributed by atoms with Gasteiger partial charge in [0.2, 0.25) is 0 Å². The van der Waals surface area contributed by atoms with Gasteiger partial charge in [-0.25, -0.2) is 0 Å². The summed E-state index contributed by atoms with van der Waals surface area (Å²) < 4.78 is 5.84. The minimum absolute atomic E-state index is 0.220. The van der Waals surface area contributed by atoms with E-state index in [0.717, 1.165) is 31.6 Å². The van der Waals surface area contributed by atoms with Crippen LogP contribution in [0, 0.1) is 5.41 Å². The van der Waals surface area contributed by atoms with Gasteiger partial charge in [0.25, 0.3) is 0 Å². The van der Waals surface area contributed by atoms with Gasteiger partial charge in [0.15, 0.2) is 0 Å². The fourth-order valence-electron chi connectivity index (χ4n) is 2.39. The number of ether oxygens (including phenoxy) is 1. The highest BCUT2D eigenvalue weighted by atomic mass is 16.5. The van der Waals surface area contributed by atoms with Crippen LogP contribution in [0.2, 0.25) is 0 Å². The Morgan fingerprint density at radius 3 is 2.83 bits per heavy atom. The first-order chi connectivity index (χ1) is 8.46. The molecule has 0 amide bonds. The van der Waals surface area contributed by atoms with E-state index in [9.17, 15) is 0 Å². The molecule has 2 heteroatoms. The van der Waals surface area contributed by atoms with Gasteiger partial charge in [-0.2, -0.15) is 0 Å². The smallest absolute Gasteiger partial charge is 0.119 e. The zero-order chi connectivity index (χ0) is 13.2. The third-order valence-electron chi connectivity index (χ3n) is 3.60. The van der Waals surface area contributed by atoms with E-state index in [0.29, 0.717) is 5.41 Å². The SMILES string of the molecule is CC(C)(C)CCOc1ccc2c(c1)CCCC2N. The Labute approximate surface area is 111 Å². The molecule has 1 aliphatic carbocycles. The highest BCUT2D eigenvalue weighted by molar-refractivity contribution is 5.38. The topological polar surface area (TPSA) is 35.2 Å². The maximum absolute atomic E-state index is 6.11. The van der Waals surface area contributed by atoms with Gasteiger partial charge in [-0.15, -0.1) is 0 Å². The summed E-state index contributed by atoms with van der Waals surface area (Å²) in [6.07, 6.45) is 4.51. The second kappa shape index (κ2) is 5.31. The van der Waals surface area contributed by atoms with Crippen LogP contribution in [-0.2, 0) is 6.42 Å². The molecule has 1 atom stereocenters. The lowest BCUT2D eigenvalue weighted by Gasteiger charge is -2.23. The first-order valence-electron chi connectivity index (χ1n) is 6.97. The van der Waals surface area contributed by atoms with Crippen LogP contribution in [0.5, 0.6) is 5.75 Å². The van der Waals surface area contributed by atoms with Crippen LogP contribution in [0.15, 0.2) is 18.2 Å². The van der Waals surface area contributed by atoms with Crippen molar-refractivity contribution in [2.75, 3.05) is 6.61 Å². The molecule has 0 spiro atoms. The summed E-state index contributed by atoms with van der Waals surface area (Å²) in [4.78, 5) is 0. The van der Waals surface area contributed by atoms with Gasteiger partial charge in [0.05, 0.1) is 6.61 Å². The Morgan fingerprint density at radius 1 is 1.33 bits per heavy atom. The van der Waals surface area contributed by atoms with Crippen molar-refractivity contribution < 1.29 is 4.74 Å². The Balaban J connectivity index is 1.99. The second-order valence-corrected chi connectivity index (χ2v) is 6.52. The van der Waals surface area contributed by atoms with E-state index in [1.807, 2.05) is 0 Å². The van der Waals surface area contributed by atoms with Gasteiger partial charge in [-0.3, -0.25) is 0 Å². The van der Waals surface area contributed by atoms with Crippen molar-refractivity contribution in [2.24, 2.45) is 11.1 Å². The molecule has 0 aliphatic heterocycles. The lowest BCUT2D eigenvalue weighted by atomic mass is 9.88. The van der Waals surface area contributed by atoms with Crippen molar-refractivity contribution >= 4 is 0 Å². The molecular weight excluding hydrogens is 222 g/mol. The normalized spacial score (nSPS) is 19.4. The third kappa shape index (κ3) is 3.49. The van der Waals surface area contributed by atoms with Crippen molar-refractivity contribution in [1.29, 1.82) is 0 Å². The lowest BCUT2D eigenvalue weighted by molar-refractivity contribution is 0.242. The van der Waals surface area contributed by atoms with Crippen LogP contribution in [-0.4, -0.2) is 6.61 Å². The first kappa shape index (κ1) is 13.4.